The van der Waals surface area contributed by atoms with Crippen LogP contribution in [-0.2, 0) is 4.74 Å². The molecule has 1 saturated heterocycles. The van der Waals surface area contributed by atoms with Crippen molar-refractivity contribution in [2.45, 2.75) is 45.3 Å². The molecular formula is C16H26N2O4. The van der Waals surface area contributed by atoms with Gasteiger partial charge in [-0.15, -0.1) is 0 Å². The standard InChI is InChI=1S/C16H26N2O4/c1-15(2,3)22-14(21)18-9-6-16(11-19,7-10-18)13(20)12-5-4-8-17-12/h4-5,8,13,17,19-20H,6-7,9-11H2,1-3H3/i/hT. The highest BCUT2D eigenvalue weighted by atomic mass is 16.6. The van der Waals surface area contributed by atoms with Crippen LogP contribution in [0.3, 0.4) is 0 Å². The number of likely N-dealkylation sites (tertiary alicyclic amines) is 1. The Kier molecular flexibility index (Phi) is 4.40. The molecule has 6 nitrogen and oxygen atoms in total. The second-order valence-corrected chi connectivity index (χ2v) is 6.95. The lowest BCUT2D eigenvalue weighted by Gasteiger charge is -2.43. The number of aromatic nitrogens is 1. The number of hydrogen-bond acceptors (Lipinski definition) is 4. The number of carbonyl (C=O) groups excluding carboxylic acids is 1. The molecule has 0 radical (unpaired) electrons. The third kappa shape index (κ3) is 3.62. The van der Waals surface area contributed by atoms with E-state index in [9.17, 15) is 15.0 Å². The molecule has 0 saturated carbocycles. The molecule has 1 aliphatic heterocycles. The molecule has 22 heavy (non-hydrogen) atoms. The maximum atomic E-state index is 12.1. The predicted molar refractivity (Wildman–Crippen MR) is 82.3 cm³/mol. The zero-order valence-corrected chi connectivity index (χ0v) is 13.5. The monoisotopic (exact) mass is 312 g/mol. The molecule has 1 aliphatic rings. The molecule has 6 heteroatoms. The molecule has 0 spiro atoms. The Labute approximate surface area is 132 Å². The fraction of sp³-hybridized carbons (Fsp3) is 0.688. The highest BCUT2D eigenvalue weighted by molar-refractivity contribution is 5.68. The second kappa shape index (κ2) is 6.30. The highest BCUT2D eigenvalue weighted by Gasteiger charge is 2.43. The molecule has 0 aromatic carbocycles. The van der Waals surface area contributed by atoms with Crippen LogP contribution >= 0.6 is 0 Å². The molecule has 2 heterocycles. The number of nitrogens with zero attached hydrogens (tertiary/aromatic N) is 1. The minimum atomic E-state index is -0.944. The van der Waals surface area contributed by atoms with Crippen LogP contribution in [0.2, 0.25) is 1.41 Å². The number of amides is 1. The number of ether oxygens (including phenoxy) is 1. The Balaban J connectivity index is 2.05. The number of aliphatic hydroxyl groups is 2. The van der Waals surface area contributed by atoms with Gasteiger partial charge < -0.3 is 24.8 Å². The van der Waals surface area contributed by atoms with Gasteiger partial charge in [-0.1, -0.05) is 0 Å². The van der Waals surface area contributed by atoms with E-state index in [4.69, 9.17) is 6.15 Å². The zero-order chi connectivity index (χ0) is 17.3. The van der Waals surface area contributed by atoms with E-state index in [1.807, 2.05) is 20.8 Å². The number of nitrogens with one attached hydrogen (secondary N) is 1. The summed E-state index contributed by atoms with van der Waals surface area (Å²) in [6, 6.07) is 3.36. The van der Waals surface area contributed by atoms with Gasteiger partial charge in [0.2, 0.25) is 0 Å². The van der Waals surface area contributed by atoms with Crippen molar-refractivity contribution < 1.29 is 21.2 Å². The summed E-state index contributed by atoms with van der Waals surface area (Å²) in [5.41, 5.74) is -0.839. The Morgan fingerprint density at radius 1 is 1.55 bits per heavy atom. The topological polar surface area (TPSA) is 85.8 Å². The molecule has 2 rings (SSSR count). The van der Waals surface area contributed by atoms with Gasteiger partial charge >= 0.3 is 6.09 Å². The molecule has 1 atom stereocenters. The van der Waals surface area contributed by atoms with E-state index in [1.165, 1.54) is 0 Å². The number of H-pyrrole nitrogens is 1. The van der Waals surface area contributed by atoms with Crippen LogP contribution in [0, 0.1) is 5.41 Å². The molecule has 3 N–H and O–H groups in total. The largest absolute Gasteiger partial charge is 0.444 e. The quantitative estimate of drug-likeness (QED) is 0.797. The molecule has 1 aromatic heterocycles. The number of aromatic amines is 1. The first-order valence-electron chi connectivity index (χ1n) is 8.07. The van der Waals surface area contributed by atoms with Gasteiger partial charge in [0.1, 0.15) is 11.7 Å². The van der Waals surface area contributed by atoms with E-state index in [1.54, 1.807) is 23.2 Å². The van der Waals surface area contributed by atoms with Gasteiger partial charge in [-0.2, -0.15) is 0 Å². The Morgan fingerprint density at radius 3 is 2.64 bits per heavy atom. The number of aliphatic hydroxyl groups excluding tert-OH is 2. The molecule has 0 bridgehead atoms. The molecule has 1 amide bonds. The fourth-order valence-electron chi connectivity index (χ4n) is 2.77. The van der Waals surface area contributed by atoms with Crippen LogP contribution in [0.25, 0.3) is 0 Å². The third-order valence-electron chi connectivity index (χ3n) is 4.16. The van der Waals surface area contributed by atoms with Gasteiger partial charge in [0.15, 0.2) is 1.41 Å². The van der Waals surface area contributed by atoms with E-state index in [-0.39, 0.29) is 12.7 Å². The first kappa shape index (κ1) is 15.4. The lowest BCUT2D eigenvalue weighted by Crippen LogP contribution is -2.48. The third-order valence-corrected chi connectivity index (χ3v) is 4.16. The number of rotatable bonds is 3. The molecule has 1 fully saturated rings. The Morgan fingerprint density at radius 2 is 2.18 bits per heavy atom. The normalized spacial score (nSPS) is 20.4. The van der Waals surface area contributed by atoms with Crippen LogP contribution in [0.5, 0.6) is 0 Å². The van der Waals surface area contributed by atoms with Crippen molar-refractivity contribution in [3.63, 3.8) is 0 Å². The summed E-state index contributed by atoms with van der Waals surface area (Å²) in [7, 11) is 0. The molecule has 0 aliphatic carbocycles. The minimum absolute atomic E-state index is 0.193. The van der Waals surface area contributed by atoms with Crippen LogP contribution in [0.15, 0.2) is 18.3 Å². The van der Waals surface area contributed by atoms with Crippen LogP contribution in [0.1, 0.15) is 45.4 Å². The summed E-state index contributed by atoms with van der Waals surface area (Å²) in [4.78, 5) is 14.8. The van der Waals surface area contributed by atoms with Crippen molar-refractivity contribution in [1.29, 1.82) is 0 Å². The first-order chi connectivity index (χ1) is 10.7. The van der Waals surface area contributed by atoms with E-state index in [0.29, 0.717) is 31.6 Å². The van der Waals surface area contributed by atoms with E-state index in [0.717, 1.165) is 4.98 Å². The number of hydrogen-bond donors (Lipinski definition) is 3. The van der Waals surface area contributed by atoms with Crippen molar-refractivity contribution >= 4 is 6.09 Å². The summed E-state index contributed by atoms with van der Waals surface area (Å²) >= 11 is 0. The van der Waals surface area contributed by atoms with Gasteiger partial charge in [0.25, 0.3) is 0 Å². The Hall–Kier alpha value is -1.53. The average Bonchev–Trinajstić information content (AvgIpc) is 2.91. The maximum Gasteiger partial charge on any atom is 0.410 e. The van der Waals surface area contributed by atoms with Crippen molar-refractivity contribution in [2.75, 3.05) is 19.7 Å². The van der Waals surface area contributed by atoms with E-state index < -0.39 is 17.1 Å². The summed E-state index contributed by atoms with van der Waals surface area (Å²) in [6.07, 6.45) is 1.13. The summed E-state index contributed by atoms with van der Waals surface area (Å²) in [5.74, 6) is 0. The Bertz CT molecular complexity index is 545. The van der Waals surface area contributed by atoms with Gasteiger partial charge in [0.05, 0.1) is 6.61 Å². The fourth-order valence-corrected chi connectivity index (χ4v) is 2.77. The molecule has 124 valence electrons. The summed E-state index contributed by atoms with van der Waals surface area (Å²) in [6.45, 7) is 6.08. The van der Waals surface area contributed by atoms with Crippen LogP contribution in [-0.4, -0.2) is 51.5 Å². The number of piperidine rings is 1. The van der Waals surface area contributed by atoms with Gasteiger partial charge in [-0.3, -0.25) is 0 Å². The van der Waals surface area contributed by atoms with Crippen LogP contribution in [0.4, 0.5) is 4.79 Å². The van der Waals surface area contributed by atoms with Crippen molar-refractivity contribution in [1.82, 2.24) is 9.88 Å². The highest BCUT2D eigenvalue weighted by Crippen LogP contribution is 2.42. The number of carbonyl (C=O) groups is 1. The van der Waals surface area contributed by atoms with Gasteiger partial charge in [0, 0.05) is 30.4 Å². The van der Waals surface area contributed by atoms with Gasteiger partial charge in [-0.25, -0.2) is 4.79 Å². The summed E-state index contributed by atoms with van der Waals surface area (Å²) < 4.78 is 13.1. The zero-order valence-electron chi connectivity index (χ0n) is 14.5. The van der Waals surface area contributed by atoms with Crippen molar-refractivity contribution in [3.8, 4) is 0 Å². The minimum Gasteiger partial charge on any atom is -0.444 e. The van der Waals surface area contributed by atoms with E-state index >= 15 is 0 Å². The van der Waals surface area contributed by atoms with Crippen LogP contribution < -0.4 is 0 Å². The SMILES string of the molecule is [3H]n1cccc1C(O)C1(CO)CCN(C(=O)OC(C)(C)C)CC1. The molecule has 1 unspecified atom stereocenters. The first-order valence-corrected chi connectivity index (χ1v) is 7.62. The summed E-state index contributed by atoms with van der Waals surface area (Å²) in [5, 5.41) is 20.5. The lowest BCUT2D eigenvalue weighted by molar-refractivity contribution is -0.0646. The lowest BCUT2D eigenvalue weighted by atomic mass is 9.73. The second-order valence-electron chi connectivity index (χ2n) is 6.95. The van der Waals surface area contributed by atoms with Gasteiger partial charge in [-0.05, 0) is 45.7 Å². The predicted octanol–water partition coefficient (Wildman–Crippen LogP) is 2.06. The molecular weight excluding hydrogens is 284 g/mol. The van der Waals surface area contributed by atoms with E-state index in [2.05, 4.69) is 0 Å². The van der Waals surface area contributed by atoms with Crippen molar-refractivity contribution in [3.05, 3.63) is 24.0 Å². The smallest absolute Gasteiger partial charge is 0.410 e. The van der Waals surface area contributed by atoms with Crippen molar-refractivity contribution in [2.24, 2.45) is 5.41 Å². The maximum absolute atomic E-state index is 12.1. The molecule has 1 aromatic rings. The average molecular weight is 312 g/mol.